The molecule has 3 rings (SSSR count). The third-order valence-corrected chi connectivity index (χ3v) is 5.45. The van der Waals surface area contributed by atoms with Gasteiger partial charge in [0.2, 0.25) is 0 Å². The lowest BCUT2D eigenvalue weighted by Crippen LogP contribution is -2.36. The lowest BCUT2D eigenvalue weighted by molar-refractivity contribution is -0.122. The van der Waals surface area contributed by atoms with Crippen molar-refractivity contribution in [3.05, 3.63) is 58.6 Å². The molecule has 6 heteroatoms. The van der Waals surface area contributed by atoms with E-state index in [9.17, 15) is 9.59 Å². The maximum absolute atomic E-state index is 12.6. The molecular weight excluding hydrogens is 388 g/mol. The molecule has 1 fully saturated rings. The number of hydrogen-bond donors (Lipinski definition) is 2. The predicted octanol–water partition coefficient (Wildman–Crippen LogP) is 5.12. The van der Waals surface area contributed by atoms with Crippen LogP contribution in [0.3, 0.4) is 0 Å². The van der Waals surface area contributed by atoms with Crippen LogP contribution >= 0.6 is 11.6 Å². The van der Waals surface area contributed by atoms with Crippen molar-refractivity contribution in [1.82, 2.24) is 5.32 Å². The number of rotatable bonds is 6. The SMILES string of the molecule is Cc1ccc(OC(C)C(=O)Nc2ccc(Cl)c(C(=O)NC3CCCCC3)c2)cc1. The highest BCUT2D eigenvalue weighted by Crippen LogP contribution is 2.23. The van der Waals surface area contributed by atoms with Gasteiger partial charge >= 0.3 is 0 Å². The summed E-state index contributed by atoms with van der Waals surface area (Å²) in [6.45, 7) is 3.67. The quantitative estimate of drug-likeness (QED) is 0.689. The van der Waals surface area contributed by atoms with Crippen molar-refractivity contribution >= 4 is 29.1 Å². The zero-order valence-corrected chi connectivity index (χ0v) is 17.6. The molecule has 154 valence electrons. The Bertz CT molecular complexity index is 861. The van der Waals surface area contributed by atoms with Crippen LogP contribution in [0.4, 0.5) is 5.69 Å². The number of benzene rings is 2. The van der Waals surface area contributed by atoms with Gasteiger partial charge in [0.1, 0.15) is 5.75 Å². The second kappa shape index (κ2) is 9.79. The molecule has 1 atom stereocenters. The third-order valence-electron chi connectivity index (χ3n) is 5.12. The van der Waals surface area contributed by atoms with E-state index in [0.717, 1.165) is 31.2 Å². The molecule has 2 N–H and O–H groups in total. The van der Waals surface area contributed by atoms with E-state index in [1.54, 1.807) is 25.1 Å². The predicted molar refractivity (Wildman–Crippen MR) is 116 cm³/mol. The molecule has 1 saturated carbocycles. The maximum Gasteiger partial charge on any atom is 0.265 e. The lowest BCUT2D eigenvalue weighted by atomic mass is 9.95. The lowest BCUT2D eigenvalue weighted by Gasteiger charge is -2.23. The molecule has 29 heavy (non-hydrogen) atoms. The highest BCUT2D eigenvalue weighted by Gasteiger charge is 2.20. The van der Waals surface area contributed by atoms with E-state index in [4.69, 9.17) is 16.3 Å². The first-order valence-electron chi connectivity index (χ1n) is 10.1. The smallest absolute Gasteiger partial charge is 0.265 e. The monoisotopic (exact) mass is 414 g/mol. The molecule has 1 aliphatic carbocycles. The van der Waals surface area contributed by atoms with E-state index >= 15 is 0 Å². The Hall–Kier alpha value is -2.53. The maximum atomic E-state index is 12.6. The van der Waals surface area contributed by atoms with Gasteiger partial charge in [0.15, 0.2) is 6.10 Å². The molecule has 2 aromatic rings. The number of ether oxygens (including phenoxy) is 1. The van der Waals surface area contributed by atoms with Crippen LogP contribution < -0.4 is 15.4 Å². The fourth-order valence-electron chi connectivity index (χ4n) is 3.41. The number of carbonyl (C=O) groups is 2. The summed E-state index contributed by atoms with van der Waals surface area (Å²) in [7, 11) is 0. The van der Waals surface area contributed by atoms with Crippen LogP contribution in [0, 0.1) is 6.92 Å². The van der Waals surface area contributed by atoms with Gasteiger partial charge in [-0.05, 0) is 57.0 Å². The normalized spacial score (nSPS) is 15.4. The van der Waals surface area contributed by atoms with Gasteiger partial charge in [-0.3, -0.25) is 9.59 Å². The average Bonchev–Trinajstić information content (AvgIpc) is 2.71. The number of nitrogens with one attached hydrogen (secondary N) is 2. The summed E-state index contributed by atoms with van der Waals surface area (Å²) in [4.78, 5) is 25.1. The summed E-state index contributed by atoms with van der Waals surface area (Å²) in [6.07, 6.45) is 4.79. The van der Waals surface area contributed by atoms with Crippen LogP contribution in [-0.2, 0) is 4.79 Å². The van der Waals surface area contributed by atoms with Crippen molar-refractivity contribution in [3.8, 4) is 5.75 Å². The zero-order chi connectivity index (χ0) is 20.8. The van der Waals surface area contributed by atoms with Crippen molar-refractivity contribution in [2.75, 3.05) is 5.32 Å². The van der Waals surface area contributed by atoms with E-state index in [0.29, 0.717) is 22.0 Å². The third kappa shape index (κ3) is 5.97. The number of halogens is 1. The van der Waals surface area contributed by atoms with Gasteiger partial charge in [0.05, 0.1) is 10.6 Å². The van der Waals surface area contributed by atoms with Gasteiger partial charge in [-0.15, -0.1) is 0 Å². The number of carbonyl (C=O) groups excluding carboxylic acids is 2. The van der Waals surface area contributed by atoms with Crippen molar-refractivity contribution in [3.63, 3.8) is 0 Å². The summed E-state index contributed by atoms with van der Waals surface area (Å²) in [6, 6.07) is 12.6. The van der Waals surface area contributed by atoms with Crippen LogP contribution in [0.15, 0.2) is 42.5 Å². The van der Waals surface area contributed by atoms with E-state index in [1.165, 1.54) is 6.42 Å². The topological polar surface area (TPSA) is 67.4 Å². The van der Waals surface area contributed by atoms with Crippen LogP contribution in [0.5, 0.6) is 5.75 Å². The minimum atomic E-state index is -0.687. The first-order chi connectivity index (χ1) is 13.9. The fourth-order valence-corrected chi connectivity index (χ4v) is 3.61. The number of aryl methyl sites for hydroxylation is 1. The molecule has 0 aliphatic heterocycles. The molecule has 0 heterocycles. The minimum absolute atomic E-state index is 0.188. The van der Waals surface area contributed by atoms with Gasteiger partial charge in [-0.2, -0.15) is 0 Å². The first kappa shape index (κ1) is 21.2. The first-order valence-corrected chi connectivity index (χ1v) is 10.4. The highest BCUT2D eigenvalue weighted by molar-refractivity contribution is 6.34. The highest BCUT2D eigenvalue weighted by atomic mass is 35.5. The van der Waals surface area contributed by atoms with Crippen molar-refractivity contribution in [2.45, 2.75) is 58.1 Å². The Morgan fingerprint density at radius 3 is 2.45 bits per heavy atom. The van der Waals surface area contributed by atoms with Crippen LogP contribution in [0.2, 0.25) is 5.02 Å². The summed E-state index contributed by atoms with van der Waals surface area (Å²) in [5.74, 6) is 0.121. The Morgan fingerprint density at radius 1 is 1.07 bits per heavy atom. The fraction of sp³-hybridized carbons (Fsp3) is 0.391. The van der Waals surface area contributed by atoms with Gasteiger partial charge in [-0.25, -0.2) is 0 Å². The molecule has 0 aromatic heterocycles. The van der Waals surface area contributed by atoms with Crippen molar-refractivity contribution < 1.29 is 14.3 Å². The number of amides is 2. The van der Waals surface area contributed by atoms with E-state index in [-0.39, 0.29) is 17.9 Å². The standard InChI is InChI=1S/C23H27ClN2O3/c1-15-8-11-19(12-9-15)29-16(2)22(27)26-18-10-13-21(24)20(14-18)23(28)25-17-6-4-3-5-7-17/h8-14,16-17H,3-7H2,1-2H3,(H,25,28)(H,26,27). The van der Waals surface area contributed by atoms with Gasteiger partial charge in [-0.1, -0.05) is 48.6 Å². The molecule has 1 aliphatic rings. The number of anilines is 1. The molecule has 2 aromatic carbocycles. The Balaban J connectivity index is 1.62. The van der Waals surface area contributed by atoms with E-state index < -0.39 is 6.10 Å². The van der Waals surface area contributed by atoms with E-state index in [1.807, 2.05) is 31.2 Å². The minimum Gasteiger partial charge on any atom is -0.481 e. The molecule has 0 bridgehead atoms. The molecule has 0 saturated heterocycles. The van der Waals surface area contributed by atoms with Gasteiger partial charge in [0.25, 0.3) is 11.8 Å². The largest absolute Gasteiger partial charge is 0.481 e. The average molecular weight is 415 g/mol. The molecule has 1 unspecified atom stereocenters. The Kier molecular flexibility index (Phi) is 7.15. The van der Waals surface area contributed by atoms with Gasteiger partial charge in [0, 0.05) is 11.7 Å². The molecule has 5 nitrogen and oxygen atoms in total. The second-order valence-corrected chi connectivity index (χ2v) is 7.97. The van der Waals surface area contributed by atoms with Crippen LogP contribution in [0.1, 0.15) is 54.9 Å². The molecule has 0 radical (unpaired) electrons. The zero-order valence-electron chi connectivity index (χ0n) is 16.8. The molecule has 0 spiro atoms. The van der Waals surface area contributed by atoms with Gasteiger partial charge < -0.3 is 15.4 Å². The Morgan fingerprint density at radius 2 is 1.76 bits per heavy atom. The van der Waals surface area contributed by atoms with Crippen molar-refractivity contribution in [2.24, 2.45) is 0 Å². The summed E-state index contributed by atoms with van der Waals surface area (Å²) >= 11 is 6.23. The molecular formula is C23H27ClN2O3. The Labute approximate surface area is 176 Å². The van der Waals surface area contributed by atoms with E-state index in [2.05, 4.69) is 10.6 Å². The summed E-state index contributed by atoms with van der Waals surface area (Å²) in [5, 5.41) is 6.21. The summed E-state index contributed by atoms with van der Waals surface area (Å²) in [5.41, 5.74) is 1.99. The van der Waals surface area contributed by atoms with Crippen LogP contribution in [-0.4, -0.2) is 24.0 Å². The van der Waals surface area contributed by atoms with Crippen LogP contribution in [0.25, 0.3) is 0 Å². The van der Waals surface area contributed by atoms with Crippen molar-refractivity contribution in [1.29, 1.82) is 0 Å². The second-order valence-electron chi connectivity index (χ2n) is 7.57. The molecule has 2 amide bonds. The summed E-state index contributed by atoms with van der Waals surface area (Å²) < 4.78 is 5.69. The number of hydrogen-bond acceptors (Lipinski definition) is 3.